The highest BCUT2D eigenvalue weighted by Crippen LogP contribution is 2.34. The average Bonchev–Trinajstić information content (AvgIpc) is 2.84. The van der Waals surface area contributed by atoms with Gasteiger partial charge in [-0.2, -0.15) is 0 Å². The molecule has 0 amide bonds. The van der Waals surface area contributed by atoms with Crippen molar-refractivity contribution in [2.75, 3.05) is 7.11 Å². The topological polar surface area (TPSA) is 53.4 Å². The fourth-order valence-electron chi connectivity index (χ4n) is 2.03. The monoisotopic (exact) mass is 322 g/mol. The number of benzene rings is 1. The Morgan fingerprint density at radius 1 is 1.53 bits per heavy atom. The molecule has 5 nitrogen and oxygen atoms in total. The zero-order valence-corrected chi connectivity index (χ0v) is 12.0. The molecule has 1 aliphatic rings. The number of esters is 1. The molecule has 0 saturated heterocycles. The van der Waals surface area contributed by atoms with E-state index in [0.717, 1.165) is 21.5 Å². The van der Waals surface area contributed by atoms with Crippen LogP contribution in [0.4, 0.5) is 0 Å². The number of imidazole rings is 1. The van der Waals surface area contributed by atoms with Crippen LogP contribution in [0.1, 0.15) is 21.9 Å². The normalized spacial score (nSPS) is 12.4. The van der Waals surface area contributed by atoms with E-state index in [1.54, 1.807) is 6.20 Å². The number of carbonyl (C=O) groups is 1. The number of aromatic nitrogens is 2. The van der Waals surface area contributed by atoms with Crippen LogP contribution in [0.25, 0.3) is 5.69 Å². The van der Waals surface area contributed by atoms with E-state index in [2.05, 4.69) is 25.7 Å². The molecule has 0 aliphatic carbocycles. The summed E-state index contributed by atoms with van der Waals surface area (Å²) in [6, 6.07) is 3.91. The molecule has 1 aliphatic heterocycles. The molecule has 3 rings (SSSR count). The summed E-state index contributed by atoms with van der Waals surface area (Å²) in [5.41, 5.74) is 2.25. The fourth-order valence-corrected chi connectivity index (χ4v) is 2.35. The van der Waals surface area contributed by atoms with Crippen molar-refractivity contribution >= 4 is 21.9 Å². The first-order valence-electron chi connectivity index (χ1n) is 5.70. The largest absolute Gasteiger partial charge is 0.483 e. The number of hydrogen-bond acceptors (Lipinski definition) is 4. The molecule has 0 atom stereocenters. The van der Waals surface area contributed by atoms with Gasteiger partial charge in [0.1, 0.15) is 12.4 Å². The van der Waals surface area contributed by atoms with E-state index in [9.17, 15) is 4.79 Å². The predicted octanol–water partition coefficient (Wildman–Crippen LogP) is 2.62. The predicted molar refractivity (Wildman–Crippen MR) is 71.7 cm³/mol. The van der Waals surface area contributed by atoms with Gasteiger partial charge in [0, 0.05) is 10.7 Å². The van der Waals surface area contributed by atoms with Gasteiger partial charge in [0.2, 0.25) is 0 Å². The average molecular weight is 323 g/mol. The third-order valence-corrected chi connectivity index (χ3v) is 3.88. The Morgan fingerprint density at radius 3 is 3.05 bits per heavy atom. The van der Waals surface area contributed by atoms with Crippen LogP contribution in [0, 0.1) is 6.92 Å². The van der Waals surface area contributed by atoms with Gasteiger partial charge in [-0.25, -0.2) is 9.78 Å². The number of nitrogens with zero attached hydrogens (tertiary/aromatic N) is 2. The zero-order valence-electron chi connectivity index (χ0n) is 10.4. The van der Waals surface area contributed by atoms with E-state index >= 15 is 0 Å². The number of hydrogen-bond donors (Lipinski definition) is 0. The van der Waals surface area contributed by atoms with Gasteiger partial charge in [0.25, 0.3) is 0 Å². The maximum Gasteiger partial charge on any atom is 0.358 e. The molecule has 0 fully saturated rings. The molecular weight excluding hydrogens is 312 g/mol. The minimum absolute atomic E-state index is 0.287. The Hall–Kier alpha value is -1.82. The summed E-state index contributed by atoms with van der Waals surface area (Å²) in [6.07, 6.45) is 1.68. The number of rotatable bonds is 1. The fraction of sp³-hybridized carbons (Fsp3) is 0.231. The maximum absolute atomic E-state index is 11.5. The summed E-state index contributed by atoms with van der Waals surface area (Å²) in [7, 11) is 1.34. The Bertz CT molecular complexity index is 679. The zero-order chi connectivity index (χ0) is 13.6. The number of methoxy groups -OCH3 is 1. The van der Waals surface area contributed by atoms with Crippen molar-refractivity contribution < 1.29 is 14.3 Å². The van der Waals surface area contributed by atoms with Crippen LogP contribution in [-0.4, -0.2) is 22.6 Å². The second-order valence-corrected chi connectivity index (χ2v) is 5.12. The maximum atomic E-state index is 11.5. The summed E-state index contributed by atoms with van der Waals surface area (Å²) in [5.74, 6) is 1.01. The third-order valence-electron chi connectivity index (χ3n) is 3.03. The van der Waals surface area contributed by atoms with E-state index in [1.807, 2.05) is 23.6 Å². The van der Waals surface area contributed by atoms with Crippen LogP contribution < -0.4 is 4.74 Å². The highest BCUT2D eigenvalue weighted by Gasteiger charge is 2.22. The van der Waals surface area contributed by atoms with Crippen molar-refractivity contribution in [3.05, 3.63) is 39.9 Å². The summed E-state index contributed by atoms with van der Waals surface area (Å²) in [6.45, 7) is 2.33. The molecule has 2 heterocycles. The molecule has 6 heteroatoms. The lowest BCUT2D eigenvalue weighted by Crippen LogP contribution is -2.12. The van der Waals surface area contributed by atoms with Gasteiger partial charge in [-0.3, -0.25) is 4.57 Å². The molecule has 98 valence electrons. The van der Waals surface area contributed by atoms with Crippen molar-refractivity contribution in [1.29, 1.82) is 0 Å². The van der Waals surface area contributed by atoms with Crippen LogP contribution in [0.3, 0.4) is 0 Å². The highest BCUT2D eigenvalue weighted by atomic mass is 79.9. The molecule has 0 spiro atoms. The molecule has 1 aromatic heterocycles. The van der Waals surface area contributed by atoms with Gasteiger partial charge in [0.15, 0.2) is 11.5 Å². The van der Waals surface area contributed by atoms with Crippen LogP contribution in [0.2, 0.25) is 0 Å². The molecule has 0 radical (unpaired) electrons. The molecule has 0 saturated carbocycles. The van der Waals surface area contributed by atoms with Gasteiger partial charge in [-0.05, 0) is 24.6 Å². The first-order chi connectivity index (χ1) is 9.10. The number of ether oxygens (including phenoxy) is 2. The lowest BCUT2D eigenvalue weighted by molar-refractivity contribution is 0.0594. The van der Waals surface area contributed by atoms with Gasteiger partial charge in [0.05, 0.1) is 12.8 Å². The lowest BCUT2D eigenvalue weighted by atomic mass is 10.2. The SMILES string of the molecule is COC(=O)c1cn2c(n1)COc1cc(Br)c(C)cc1-2. The number of aryl methyl sites for hydroxylation is 1. The van der Waals surface area contributed by atoms with Crippen LogP contribution in [0.5, 0.6) is 5.75 Å². The summed E-state index contributed by atoms with van der Waals surface area (Å²) >= 11 is 3.47. The van der Waals surface area contributed by atoms with Crippen LogP contribution >= 0.6 is 15.9 Å². The Kier molecular flexibility index (Phi) is 2.82. The summed E-state index contributed by atoms with van der Waals surface area (Å²) in [4.78, 5) is 15.7. The molecule has 0 N–H and O–H groups in total. The number of carbonyl (C=O) groups excluding carboxylic acids is 1. The molecule has 2 aromatic rings. The Labute approximate surface area is 118 Å². The minimum atomic E-state index is -0.447. The van der Waals surface area contributed by atoms with Gasteiger partial charge in [-0.15, -0.1) is 0 Å². The van der Waals surface area contributed by atoms with Gasteiger partial charge in [-0.1, -0.05) is 15.9 Å². The summed E-state index contributed by atoms with van der Waals surface area (Å²) < 4.78 is 13.2. The minimum Gasteiger partial charge on any atom is -0.483 e. The van der Waals surface area contributed by atoms with E-state index in [4.69, 9.17) is 4.74 Å². The standard InChI is InChI=1S/C13H11BrN2O3/c1-7-3-10-11(4-8(7)14)19-6-12-15-9(5-16(10)12)13(17)18-2/h3-5H,6H2,1-2H3. The molecular formula is C13H11BrN2O3. The first-order valence-corrected chi connectivity index (χ1v) is 6.49. The second-order valence-electron chi connectivity index (χ2n) is 4.26. The third kappa shape index (κ3) is 1.92. The van der Waals surface area contributed by atoms with Crippen LogP contribution in [0.15, 0.2) is 22.8 Å². The van der Waals surface area contributed by atoms with Crippen molar-refractivity contribution in [2.24, 2.45) is 0 Å². The smallest absolute Gasteiger partial charge is 0.358 e. The molecule has 19 heavy (non-hydrogen) atoms. The molecule has 1 aromatic carbocycles. The first kappa shape index (κ1) is 12.2. The van der Waals surface area contributed by atoms with Crippen molar-refractivity contribution in [2.45, 2.75) is 13.5 Å². The van der Waals surface area contributed by atoms with Gasteiger partial charge >= 0.3 is 5.97 Å². The van der Waals surface area contributed by atoms with E-state index in [1.165, 1.54) is 7.11 Å². The molecule has 0 unspecified atom stereocenters. The Morgan fingerprint density at radius 2 is 2.32 bits per heavy atom. The Balaban J connectivity index is 2.15. The van der Waals surface area contributed by atoms with Crippen molar-refractivity contribution in [3.8, 4) is 11.4 Å². The van der Waals surface area contributed by atoms with E-state index in [0.29, 0.717) is 12.4 Å². The van der Waals surface area contributed by atoms with Crippen molar-refractivity contribution in [3.63, 3.8) is 0 Å². The summed E-state index contributed by atoms with van der Waals surface area (Å²) in [5, 5.41) is 0. The molecule has 0 bridgehead atoms. The van der Waals surface area contributed by atoms with Crippen molar-refractivity contribution in [1.82, 2.24) is 9.55 Å². The highest BCUT2D eigenvalue weighted by molar-refractivity contribution is 9.10. The van der Waals surface area contributed by atoms with Gasteiger partial charge < -0.3 is 9.47 Å². The van der Waals surface area contributed by atoms with E-state index < -0.39 is 5.97 Å². The number of fused-ring (bicyclic) bond motifs is 3. The van der Waals surface area contributed by atoms with E-state index in [-0.39, 0.29) is 5.69 Å². The number of halogens is 1. The van der Waals surface area contributed by atoms with Crippen LogP contribution in [-0.2, 0) is 11.3 Å². The second kappa shape index (κ2) is 4.38. The quantitative estimate of drug-likeness (QED) is 0.757. The lowest BCUT2D eigenvalue weighted by Gasteiger charge is -2.20.